The molecule has 1 saturated carbocycles. The van der Waals surface area contributed by atoms with Crippen molar-refractivity contribution in [1.82, 2.24) is 0 Å². The summed E-state index contributed by atoms with van der Waals surface area (Å²) >= 11 is 0. The molecule has 1 aliphatic carbocycles. The normalized spacial score (nSPS) is 19.9. The largest absolute Gasteiger partial charge is 0.198 e. The molecule has 140 valence electrons. The quantitative estimate of drug-likeness (QED) is 0.473. The van der Waals surface area contributed by atoms with Crippen molar-refractivity contribution < 1.29 is 0 Å². The van der Waals surface area contributed by atoms with Crippen LogP contribution in [0.5, 0.6) is 0 Å². The van der Waals surface area contributed by atoms with Gasteiger partial charge in [0.2, 0.25) is 0 Å². The number of hydrogen-bond acceptors (Lipinski definition) is 1. The molecule has 2 aromatic carbocycles. The van der Waals surface area contributed by atoms with E-state index >= 15 is 0 Å². The summed E-state index contributed by atoms with van der Waals surface area (Å²) in [6, 6.07) is 20.3. The Labute approximate surface area is 164 Å². The van der Waals surface area contributed by atoms with Crippen LogP contribution < -0.4 is 0 Å². The van der Waals surface area contributed by atoms with Crippen LogP contribution in [0.3, 0.4) is 0 Å². The Morgan fingerprint density at radius 2 is 1.52 bits per heavy atom. The second-order valence-corrected chi connectivity index (χ2v) is 7.88. The summed E-state index contributed by atoms with van der Waals surface area (Å²) in [5, 5.41) is 9.00. The zero-order valence-corrected chi connectivity index (χ0v) is 16.5. The van der Waals surface area contributed by atoms with Crippen LogP contribution in [0.2, 0.25) is 0 Å². The van der Waals surface area contributed by atoms with Crippen molar-refractivity contribution in [3.63, 3.8) is 0 Å². The first-order valence-corrected chi connectivity index (χ1v) is 10.6. The number of hydrogen-bond donors (Lipinski definition) is 0. The summed E-state index contributed by atoms with van der Waals surface area (Å²) in [5.74, 6) is 0.918. The number of benzene rings is 2. The standard InChI is InChI=1S/C26H31N/c1-2-3-4-5-21-12-16-25(17-13-21)26-18-14-23(15-19-26)7-6-22-8-10-24(20-27)11-9-22/h6-7,12-19,22,24H,2-5,8-11H2,1H3/t22-,24-. The predicted octanol–water partition coefficient (Wildman–Crippen LogP) is 7.43. The molecule has 0 saturated heterocycles. The molecular formula is C26H31N. The Bertz CT molecular complexity index is 753. The molecule has 3 rings (SSSR count). The summed E-state index contributed by atoms with van der Waals surface area (Å²) in [4.78, 5) is 0. The van der Waals surface area contributed by atoms with Gasteiger partial charge in [0.15, 0.2) is 0 Å². The zero-order valence-electron chi connectivity index (χ0n) is 16.5. The van der Waals surface area contributed by atoms with Crippen molar-refractivity contribution in [3.05, 3.63) is 65.7 Å². The molecule has 27 heavy (non-hydrogen) atoms. The second-order valence-electron chi connectivity index (χ2n) is 7.88. The van der Waals surface area contributed by atoms with E-state index in [1.54, 1.807) is 0 Å². The minimum atomic E-state index is 0.284. The fourth-order valence-corrected chi connectivity index (χ4v) is 3.92. The molecule has 0 aliphatic heterocycles. The lowest BCUT2D eigenvalue weighted by Gasteiger charge is -2.21. The van der Waals surface area contributed by atoms with Crippen LogP contribution in [-0.2, 0) is 6.42 Å². The molecule has 1 fully saturated rings. The molecule has 2 aromatic rings. The summed E-state index contributed by atoms with van der Waals surface area (Å²) in [6.45, 7) is 2.25. The molecule has 1 heteroatoms. The Balaban J connectivity index is 1.55. The van der Waals surface area contributed by atoms with E-state index in [-0.39, 0.29) is 5.92 Å². The fraction of sp³-hybridized carbons (Fsp3) is 0.423. The van der Waals surface area contributed by atoms with Crippen molar-refractivity contribution >= 4 is 6.08 Å². The molecule has 0 unspecified atom stereocenters. The monoisotopic (exact) mass is 357 g/mol. The number of rotatable bonds is 7. The lowest BCUT2D eigenvalue weighted by Crippen LogP contribution is -2.11. The first-order valence-electron chi connectivity index (χ1n) is 10.6. The highest BCUT2D eigenvalue weighted by atomic mass is 14.3. The van der Waals surface area contributed by atoms with Gasteiger partial charge in [0.25, 0.3) is 0 Å². The molecule has 0 spiro atoms. The highest BCUT2D eigenvalue weighted by Gasteiger charge is 2.18. The van der Waals surface area contributed by atoms with Gasteiger partial charge >= 0.3 is 0 Å². The van der Waals surface area contributed by atoms with Crippen LogP contribution in [0.15, 0.2) is 54.6 Å². The summed E-state index contributed by atoms with van der Waals surface area (Å²) in [5.41, 5.74) is 5.27. The lowest BCUT2D eigenvalue weighted by atomic mass is 9.82. The summed E-state index contributed by atoms with van der Waals surface area (Å²) in [6.07, 6.45) is 14.1. The van der Waals surface area contributed by atoms with Crippen LogP contribution in [0.4, 0.5) is 0 Å². The molecule has 1 aliphatic rings. The van der Waals surface area contributed by atoms with Gasteiger partial charge in [-0.15, -0.1) is 0 Å². The first kappa shape index (κ1) is 19.4. The molecule has 0 N–H and O–H groups in total. The van der Waals surface area contributed by atoms with Crippen molar-refractivity contribution in [2.24, 2.45) is 11.8 Å². The van der Waals surface area contributed by atoms with E-state index < -0.39 is 0 Å². The van der Waals surface area contributed by atoms with E-state index in [2.05, 4.69) is 73.7 Å². The Hall–Kier alpha value is -2.33. The lowest BCUT2D eigenvalue weighted by molar-refractivity contribution is 0.363. The molecule has 0 aromatic heterocycles. The molecule has 0 amide bonds. The van der Waals surface area contributed by atoms with Gasteiger partial charge in [-0.2, -0.15) is 5.26 Å². The third-order valence-electron chi connectivity index (χ3n) is 5.78. The molecular weight excluding hydrogens is 326 g/mol. The highest BCUT2D eigenvalue weighted by molar-refractivity contribution is 5.66. The van der Waals surface area contributed by atoms with Crippen molar-refractivity contribution in [1.29, 1.82) is 5.26 Å². The van der Waals surface area contributed by atoms with E-state index in [0.717, 1.165) is 25.7 Å². The third-order valence-corrected chi connectivity index (χ3v) is 5.78. The van der Waals surface area contributed by atoms with Crippen molar-refractivity contribution in [2.75, 3.05) is 0 Å². The second kappa shape index (κ2) is 10.1. The van der Waals surface area contributed by atoms with Gasteiger partial charge < -0.3 is 0 Å². The van der Waals surface area contributed by atoms with E-state index in [1.165, 1.54) is 47.9 Å². The topological polar surface area (TPSA) is 23.8 Å². The van der Waals surface area contributed by atoms with Crippen LogP contribution >= 0.6 is 0 Å². The van der Waals surface area contributed by atoms with Crippen LogP contribution in [0.1, 0.15) is 63.0 Å². The molecule has 0 radical (unpaired) electrons. The Morgan fingerprint density at radius 1 is 0.889 bits per heavy atom. The van der Waals surface area contributed by atoms with Gasteiger partial charge in [-0.1, -0.05) is 80.4 Å². The molecule has 0 heterocycles. The smallest absolute Gasteiger partial charge is 0.0655 e. The molecule has 0 atom stereocenters. The van der Waals surface area contributed by atoms with E-state index in [1.807, 2.05) is 0 Å². The third kappa shape index (κ3) is 5.83. The minimum absolute atomic E-state index is 0.284. The van der Waals surface area contributed by atoms with E-state index in [0.29, 0.717) is 5.92 Å². The van der Waals surface area contributed by atoms with Gasteiger partial charge in [-0.25, -0.2) is 0 Å². The highest BCUT2D eigenvalue weighted by Crippen LogP contribution is 2.29. The zero-order chi connectivity index (χ0) is 18.9. The SMILES string of the molecule is CCCCCc1ccc(-c2ccc(C=C[C@H]3CC[C@H](C#N)CC3)cc2)cc1. The van der Waals surface area contributed by atoms with Crippen molar-refractivity contribution in [3.8, 4) is 17.2 Å². The average Bonchev–Trinajstić information content (AvgIpc) is 2.74. The molecule has 0 bridgehead atoms. The van der Waals surface area contributed by atoms with Gasteiger partial charge in [-0.3, -0.25) is 0 Å². The van der Waals surface area contributed by atoms with E-state index in [9.17, 15) is 0 Å². The average molecular weight is 358 g/mol. The fourth-order valence-electron chi connectivity index (χ4n) is 3.92. The Morgan fingerprint density at radius 3 is 2.11 bits per heavy atom. The number of allylic oxidation sites excluding steroid dienone is 1. The first-order chi connectivity index (χ1) is 13.3. The maximum atomic E-state index is 9.00. The van der Waals surface area contributed by atoms with Gasteiger partial charge in [0.1, 0.15) is 0 Å². The van der Waals surface area contributed by atoms with Gasteiger partial charge in [0.05, 0.1) is 6.07 Å². The van der Waals surface area contributed by atoms with Gasteiger partial charge in [0, 0.05) is 5.92 Å². The van der Waals surface area contributed by atoms with E-state index in [4.69, 9.17) is 5.26 Å². The predicted molar refractivity (Wildman–Crippen MR) is 115 cm³/mol. The summed E-state index contributed by atoms with van der Waals surface area (Å²) in [7, 11) is 0. The van der Waals surface area contributed by atoms with Crippen LogP contribution in [-0.4, -0.2) is 0 Å². The number of nitriles is 1. The Kier molecular flexibility index (Phi) is 7.28. The maximum Gasteiger partial charge on any atom is 0.0655 e. The van der Waals surface area contributed by atoms with Gasteiger partial charge in [-0.05, 0) is 66.7 Å². The number of unbranched alkanes of at least 4 members (excludes halogenated alkanes) is 2. The van der Waals surface area contributed by atoms with Crippen LogP contribution in [0.25, 0.3) is 17.2 Å². The summed E-state index contributed by atoms with van der Waals surface area (Å²) < 4.78 is 0. The number of nitrogens with zero attached hydrogens (tertiary/aromatic N) is 1. The maximum absolute atomic E-state index is 9.00. The van der Waals surface area contributed by atoms with Crippen molar-refractivity contribution in [2.45, 2.75) is 58.3 Å². The molecule has 1 nitrogen and oxygen atoms in total. The minimum Gasteiger partial charge on any atom is -0.198 e. The van der Waals surface area contributed by atoms with Crippen LogP contribution in [0, 0.1) is 23.2 Å². The number of aryl methyl sites for hydroxylation is 1.